The van der Waals surface area contributed by atoms with Crippen molar-refractivity contribution in [3.63, 3.8) is 0 Å². The molecule has 1 saturated carbocycles. The highest BCUT2D eigenvalue weighted by Gasteiger charge is 2.45. The molecule has 5 nitrogen and oxygen atoms in total. The fourth-order valence-electron chi connectivity index (χ4n) is 2.16. The first-order valence-corrected chi connectivity index (χ1v) is 6.17. The molecule has 18 heavy (non-hydrogen) atoms. The predicted octanol–water partition coefficient (Wildman–Crippen LogP) is 2.21. The molecule has 5 heteroatoms. The monoisotopic (exact) mass is 249 g/mol. The lowest BCUT2D eigenvalue weighted by atomic mass is 9.92. The Morgan fingerprint density at radius 3 is 2.78 bits per heavy atom. The number of anilines is 2. The molecule has 98 valence electrons. The van der Waals surface area contributed by atoms with Crippen LogP contribution in [0.25, 0.3) is 0 Å². The molecule has 0 bridgehead atoms. The Morgan fingerprint density at radius 1 is 1.61 bits per heavy atom. The molecule has 0 aliphatic heterocycles. The lowest BCUT2D eigenvalue weighted by Crippen LogP contribution is -2.22. The van der Waals surface area contributed by atoms with Gasteiger partial charge in [0.05, 0.1) is 11.9 Å². The van der Waals surface area contributed by atoms with Crippen LogP contribution in [0.4, 0.5) is 11.5 Å². The van der Waals surface area contributed by atoms with Crippen molar-refractivity contribution >= 4 is 17.5 Å². The predicted molar refractivity (Wildman–Crippen MR) is 70.6 cm³/mol. The lowest BCUT2D eigenvalue weighted by molar-refractivity contribution is 0.0697. The van der Waals surface area contributed by atoms with E-state index in [-0.39, 0.29) is 5.56 Å². The number of nitrogens with one attached hydrogen (secondary N) is 1. The summed E-state index contributed by atoms with van der Waals surface area (Å²) in [7, 11) is 0. The molecule has 0 spiro atoms. The molecule has 4 N–H and O–H groups in total. The molecule has 1 heterocycles. The zero-order valence-electron chi connectivity index (χ0n) is 10.7. The van der Waals surface area contributed by atoms with E-state index in [1.54, 1.807) is 0 Å². The summed E-state index contributed by atoms with van der Waals surface area (Å²) in [5, 5.41) is 12.3. The van der Waals surface area contributed by atoms with Crippen LogP contribution < -0.4 is 11.1 Å². The van der Waals surface area contributed by atoms with Gasteiger partial charge in [-0.25, -0.2) is 9.78 Å². The van der Waals surface area contributed by atoms with Crippen LogP contribution in [0.1, 0.15) is 37.0 Å². The number of hydrogen-bond acceptors (Lipinski definition) is 4. The van der Waals surface area contributed by atoms with Crippen molar-refractivity contribution in [2.24, 2.45) is 11.3 Å². The molecule has 0 amide bonds. The highest BCUT2D eigenvalue weighted by atomic mass is 16.4. The fourth-order valence-corrected chi connectivity index (χ4v) is 2.16. The first-order valence-electron chi connectivity index (χ1n) is 6.17. The summed E-state index contributed by atoms with van der Waals surface area (Å²) in [5.41, 5.74) is 6.36. The van der Waals surface area contributed by atoms with Crippen molar-refractivity contribution in [3.05, 3.63) is 17.8 Å². The highest BCUT2D eigenvalue weighted by molar-refractivity contribution is 5.94. The Kier molecular flexibility index (Phi) is 3.15. The Labute approximate surface area is 106 Å². The van der Waals surface area contributed by atoms with Crippen LogP contribution in [0, 0.1) is 11.3 Å². The number of hydrogen-bond donors (Lipinski definition) is 3. The van der Waals surface area contributed by atoms with Crippen molar-refractivity contribution in [3.8, 4) is 0 Å². The first kappa shape index (κ1) is 12.7. The normalized spacial score (nSPS) is 16.6. The Morgan fingerprint density at radius 2 is 2.28 bits per heavy atom. The Bertz CT molecular complexity index is 467. The average molecular weight is 249 g/mol. The van der Waals surface area contributed by atoms with Crippen LogP contribution in [0.15, 0.2) is 12.3 Å². The number of nitrogen functional groups attached to an aromatic ring is 1. The van der Waals surface area contributed by atoms with Gasteiger partial charge >= 0.3 is 5.97 Å². The second kappa shape index (κ2) is 4.48. The van der Waals surface area contributed by atoms with E-state index in [2.05, 4.69) is 24.1 Å². The lowest BCUT2D eigenvalue weighted by Gasteiger charge is -2.21. The van der Waals surface area contributed by atoms with E-state index in [9.17, 15) is 4.79 Å². The highest BCUT2D eigenvalue weighted by Crippen LogP contribution is 2.51. The van der Waals surface area contributed by atoms with Gasteiger partial charge in [-0.05, 0) is 30.2 Å². The molecular weight excluding hydrogens is 230 g/mol. The average Bonchev–Trinajstić information content (AvgIpc) is 3.08. The number of pyridine rings is 1. The minimum Gasteiger partial charge on any atom is -0.478 e. The van der Waals surface area contributed by atoms with Crippen LogP contribution in [0.2, 0.25) is 0 Å². The maximum Gasteiger partial charge on any atom is 0.339 e. The maximum absolute atomic E-state index is 11.1. The second-order valence-electron chi connectivity index (χ2n) is 5.34. The van der Waals surface area contributed by atoms with Crippen LogP contribution in [-0.2, 0) is 0 Å². The molecular formula is C13H19N3O2. The number of aromatic carboxylic acids is 1. The molecule has 1 aliphatic carbocycles. The van der Waals surface area contributed by atoms with Gasteiger partial charge in [-0.15, -0.1) is 0 Å². The van der Waals surface area contributed by atoms with Crippen molar-refractivity contribution < 1.29 is 9.90 Å². The van der Waals surface area contributed by atoms with Gasteiger partial charge in [-0.2, -0.15) is 0 Å². The van der Waals surface area contributed by atoms with Gasteiger partial charge in [0, 0.05) is 6.54 Å². The summed E-state index contributed by atoms with van der Waals surface area (Å²) < 4.78 is 0. The zero-order valence-corrected chi connectivity index (χ0v) is 10.7. The summed E-state index contributed by atoms with van der Waals surface area (Å²) in [6.07, 6.45) is 3.85. The van der Waals surface area contributed by atoms with Crippen LogP contribution in [0.5, 0.6) is 0 Å². The summed E-state index contributed by atoms with van der Waals surface area (Å²) in [6, 6.07) is 1.44. The van der Waals surface area contributed by atoms with Gasteiger partial charge in [0.25, 0.3) is 0 Å². The van der Waals surface area contributed by atoms with Crippen LogP contribution in [0.3, 0.4) is 0 Å². The van der Waals surface area contributed by atoms with E-state index in [0.29, 0.717) is 22.8 Å². The van der Waals surface area contributed by atoms with E-state index in [0.717, 1.165) is 6.54 Å². The molecule has 0 atom stereocenters. The fraction of sp³-hybridized carbons (Fsp3) is 0.538. The summed E-state index contributed by atoms with van der Waals surface area (Å²) in [5.74, 6) is -0.0117. The molecule has 0 saturated heterocycles. The van der Waals surface area contributed by atoms with Crippen molar-refractivity contribution in [1.29, 1.82) is 0 Å². The molecule has 1 aromatic heterocycles. The van der Waals surface area contributed by atoms with Crippen molar-refractivity contribution in [2.75, 3.05) is 17.6 Å². The van der Waals surface area contributed by atoms with Gasteiger partial charge in [-0.3, -0.25) is 0 Å². The van der Waals surface area contributed by atoms with Gasteiger partial charge in [-0.1, -0.05) is 13.8 Å². The van der Waals surface area contributed by atoms with Crippen LogP contribution >= 0.6 is 0 Å². The van der Waals surface area contributed by atoms with Gasteiger partial charge in [0.1, 0.15) is 11.4 Å². The molecule has 1 aromatic rings. The first-order chi connectivity index (χ1) is 8.44. The minimum absolute atomic E-state index is 0.134. The molecule has 1 aliphatic rings. The van der Waals surface area contributed by atoms with E-state index >= 15 is 0 Å². The smallest absolute Gasteiger partial charge is 0.339 e. The van der Waals surface area contributed by atoms with E-state index in [1.165, 1.54) is 25.1 Å². The van der Waals surface area contributed by atoms with Crippen molar-refractivity contribution in [1.82, 2.24) is 4.98 Å². The molecule has 0 unspecified atom stereocenters. The van der Waals surface area contributed by atoms with E-state index in [1.807, 2.05) is 0 Å². The Hall–Kier alpha value is -1.78. The number of carboxylic acid groups (broad SMARTS) is 1. The number of nitrogens with zero attached hydrogens (tertiary/aromatic N) is 1. The number of carbonyl (C=O) groups is 1. The largest absolute Gasteiger partial charge is 0.478 e. The van der Waals surface area contributed by atoms with Crippen LogP contribution in [-0.4, -0.2) is 22.6 Å². The number of nitrogens with two attached hydrogens (primary N) is 1. The maximum atomic E-state index is 11.1. The summed E-state index contributed by atoms with van der Waals surface area (Å²) in [4.78, 5) is 15.2. The van der Waals surface area contributed by atoms with E-state index in [4.69, 9.17) is 10.8 Å². The molecule has 0 aromatic carbocycles. The second-order valence-corrected chi connectivity index (χ2v) is 5.34. The van der Waals surface area contributed by atoms with Crippen molar-refractivity contribution in [2.45, 2.75) is 26.7 Å². The molecule has 0 radical (unpaired) electrons. The Balaban J connectivity index is 2.12. The van der Waals surface area contributed by atoms with Gasteiger partial charge < -0.3 is 16.2 Å². The van der Waals surface area contributed by atoms with E-state index < -0.39 is 5.97 Å². The van der Waals surface area contributed by atoms with Gasteiger partial charge in [0.2, 0.25) is 0 Å². The third kappa shape index (κ3) is 2.39. The third-order valence-corrected chi connectivity index (χ3v) is 3.86. The quantitative estimate of drug-likeness (QED) is 0.744. The number of rotatable bonds is 5. The minimum atomic E-state index is -1.01. The topological polar surface area (TPSA) is 88.2 Å². The standard InChI is InChI=1S/C13H19N3O2/c1-8(2)13(3-4-13)7-16-11-10(12(17)18)5-9(14)6-15-11/h5-6,8H,3-4,7,14H2,1-2H3,(H,15,16)(H,17,18). The third-order valence-electron chi connectivity index (χ3n) is 3.86. The number of aromatic nitrogens is 1. The van der Waals surface area contributed by atoms with Gasteiger partial charge in [0.15, 0.2) is 0 Å². The molecule has 2 rings (SSSR count). The summed E-state index contributed by atoms with van der Waals surface area (Å²) in [6.45, 7) is 5.16. The number of carboxylic acids is 1. The SMILES string of the molecule is CC(C)C1(CNc2ncc(N)cc2C(=O)O)CC1. The summed E-state index contributed by atoms with van der Waals surface area (Å²) >= 11 is 0. The zero-order chi connectivity index (χ0) is 13.3. The molecule has 1 fully saturated rings.